The molecule has 0 unspecified atom stereocenters. The smallest absolute Gasteiger partial charge is 0.329 e. The highest BCUT2D eigenvalue weighted by molar-refractivity contribution is 7.90. The minimum Gasteiger partial charge on any atom is -0.463 e. The highest BCUT2D eigenvalue weighted by atomic mass is 35.5. The summed E-state index contributed by atoms with van der Waals surface area (Å²) >= 11 is 11.7. The van der Waals surface area contributed by atoms with Crippen molar-refractivity contribution >= 4 is 63.1 Å². The average Bonchev–Trinajstić information content (AvgIpc) is 2.74. The first kappa shape index (κ1) is 31.1. The number of benzene rings is 1. The molecule has 1 heterocycles. The summed E-state index contributed by atoms with van der Waals surface area (Å²) in [7, 11) is -4.55. The Hall–Kier alpha value is -3.14. The van der Waals surface area contributed by atoms with Crippen LogP contribution in [0, 0.1) is 0 Å². The lowest BCUT2D eigenvalue weighted by atomic mass is 9.96. The molecule has 1 saturated heterocycles. The van der Waals surface area contributed by atoms with Crippen LogP contribution in [-0.2, 0) is 52.9 Å². The van der Waals surface area contributed by atoms with Crippen LogP contribution >= 0.6 is 23.2 Å². The number of ether oxygens (including phenoxy) is 5. The molecule has 1 aliphatic heterocycles. The summed E-state index contributed by atoms with van der Waals surface area (Å²) in [5, 5.41) is 2.06. The van der Waals surface area contributed by atoms with Crippen LogP contribution in [0.25, 0.3) is 0 Å². The second-order valence-corrected chi connectivity index (χ2v) is 10.3. The van der Waals surface area contributed by atoms with E-state index in [2.05, 4.69) is 5.32 Å². The molecule has 0 aliphatic carbocycles. The summed E-state index contributed by atoms with van der Waals surface area (Å²) in [6.07, 6.45) is -6.12. The molecule has 2 amide bonds. The summed E-state index contributed by atoms with van der Waals surface area (Å²) in [6.45, 7) is 3.62. The lowest BCUT2D eigenvalue weighted by Gasteiger charge is -2.44. The van der Waals surface area contributed by atoms with E-state index in [9.17, 15) is 32.4 Å². The van der Waals surface area contributed by atoms with Crippen molar-refractivity contribution in [2.75, 3.05) is 6.61 Å². The molecule has 0 radical (unpaired) electrons. The van der Waals surface area contributed by atoms with Gasteiger partial charge in [-0.05, 0) is 18.2 Å². The molecule has 210 valence electrons. The van der Waals surface area contributed by atoms with Gasteiger partial charge in [0.25, 0.3) is 10.0 Å². The van der Waals surface area contributed by atoms with Gasteiger partial charge in [-0.1, -0.05) is 23.2 Å². The number of carbonyl (C=O) groups is 5. The van der Waals surface area contributed by atoms with Gasteiger partial charge in [-0.15, -0.1) is 0 Å². The molecule has 1 aromatic rings. The molecule has 5 atom stereocenters. The van der Waals surface area contributed by atoms with E-state index in [-0.39, 0.29) is 10.0 Å². The van der Waals surface area contributed by atoms with E-state index >= 15 is 0 Å². The van der Waals surface area contributed by atoms with E-state index in [0.717, 1.165) is 39.8 Å². The standard InChI is InChI=1S/C21H24Cl2N2O12S/c1-9(26)33-8-15-18(34-10(2)27)19(35-11(3)28)17(20(37-15)36-12(4)29)24-21(30)25-38(31,32)16-6-5-13(22)7-14(16)23/h5-7,15,17-20H,8H2,1-4H3,(H2,24,25,30)/t15-,17-,18-,19-,20-/m1/s1. The number of halogens is 2. The van der Waals surface area contributed by atoms with Crippen LogP contribution in [0.4, 0.5) is 4.79 Å². The van der Waals surface area contributed by atoms with Gasteiger partial charge in [0.05, 0.1) is 5.02 Å². The fourth-order valence-electron chi connectivity index (χ4n) is 3.37. The number of esters is 4. The van der Waals surface area contributed by atoms with Crippen LogP contribution in [0.2, 0.25) is 10.0 Å². The van der Waals surface area contributed by atoms with Crippen LogP contribution in [0.5, 0.6) is 0 Å². The lowest BCUT2D eigenvalue weighted by molar-refractivity contribution is -0.270. The van der Waals surface area contributed by atoms with Gasteiger partial charge in [0, 0.05) is 32.7 Å². The second-order valence-electron chi connectivity index (χ2n) is 7.78. The fourth-order valence-corrected chi connectivity index (χ4v) is 5.06. The van der Waals surface area contributed by atoms with Gasteiger partial charge in [-0.3, -0.25) is 19.2 Å². The largest absolute Gasteiger partial charge is 0.463 e. The third-order valence-electron chi connectivity index (χ3n) is 4.69. The molecule has 2 N–H and O–H groups in total. The van der Waals surface area contributed by atoms with Crippen molar-refractivity contribution < 1.29 is 56.1 Å². The van der Waals surface area contributed by atoms with Crippen molar-refractivity contribution in [1.29, 1.82) is 0 Å². The maximum Gasteiger partial charge on any atom is 0.329 e. The third kappa shape index (κ3) is 8.72. The van der Waals surface area contributed by atoms with Gasteiger partial charge >= 0.3 is 29.9 Å². The predicted molar refractivity (Wildman–Crippen MR) is 127 cm³/mol. The van der Waals surface area contributed by atoms with Crippen molar-refractivity contribution in [3.05, 3.63) is 28.2 Å². The van der Waals surface area contributed by atoms with E-state index in [1.807, 2.05) is 0 Å². The van der Waals surface area contributed by atoms with E-state index in [1.54, 1.807) is 4.72 Å². The van der Waals surface area contributed by atoms with Gasteiger partial charge in [0.1, 0.15) is 23.6 Å². The monoisotopic (exact) mass is 598 g/mol. The average molecular weight is 599 g/mol. The first-order chi connectivity index (χ1) is 17.6. The Morgan fingerprint density at radius 1 is 0.895 bits per heavy atom. The Kier molecular flexibility index (Phi) is 10.7. The zero-order chi connectivity index (χ0) is 28.8. The van der Waals surface area contributed by atoms with Gasteiger partial charge in [-0.25, -0.2) is 17.9 Å². The minimum atomic E-state index is -4.55. The maximum absolute atomic E-state index is 12.8. The predicted octanol–water partition coefficient (Wildman–Crippen LogP) is 1.06. The molecule has 17 heteroatoms. The van der Waals surface area contributed by atoms with E-state index in [1.165, 1.54) is 6.07 Å². The lowest BCUT2D eigenvalue weighted by Crippen LogP contribution is -2.67. The first-order valence-corrected chi connectivity index (χ1v) is 12.9. The van der Waals surface area contributed by atoms with Crippen LogP contribution in [0.1, 0.15) is 27.7 Å². The molecular weight excluding hydrogens is 575 g/mol. The molecule has 0 aromatic heterocycles. The molecule has 0 spiro atoms. The number of rotatable bonds is 8. The number of urea groups is 1. The summed E-state index contributed by atoms with van der Waals surface area (Å²) < 4.78 is 53.3. The maximum atomic E-state index is 12.8. The van der Waals surface area contributed by atoms with E-state index < -0.39 is 82.1 Å². The molecule has 1 aliphatic rings. The summed E-state index contributed by atoms with van der Waals surface area (Å²) in [5.41, 5.74) is 0. The fraction of sp³-hybridized carbons (Fsp3) is 0.476. The highest BCUT2D eigenvalue weighted by Crippen LogP contribution is 2.29. The number of hydrogen-bond acceptors (Lipinski definition) is 12. The topological polar surface area (TPSA) is 190 Å². The van der Waals surface area contributed by atoms with Crippen LogP contribution in [-0.4, -0.2) is 75.6 Å². The third-order valence-corrected chi connectivity index (χ3v) is 6.74. The molecule has 2 rings (SSSR count). The SMILES string of the molecule is CC(=O)OC[C@H]1O[C@@H](OC(C)=O)[C@H](NC(=O)NS(=O)(=O)c2ccc(Cl)cc2Cl)[C@@H](OC(C)=O)[C@@H]1OC(C)=O. The van der Waals surface area contributed by atoms with Crippen molar-refractivity contribution in [3.8, 4) is 0 Å². The van der Waals surface area contributed by atoms with Crippen molar-refractivity contribution in [2.24, 2.45) is 0 Å². The van der Waals surface area contributed by atoms with Gasteiger partial charge < -0.3 is 29.0 Å². The number of carbonyl (C=O) groups excluding carboxylic acids is 5. The highest BCUT2D eigenvalue weighted by Gasteiger charge is 2.52. The van der Waals surface area contributed by atoms with Crippen LogP contribution in [0.15, 0.2) is 23.1 Å². The zero-order valence-corrected chi connectivity index (χ0v) is 22.7. The Labute approximate surface area is 227 Å². The number of nitrogens with one attached hydrogen (secondary N) is 2. The molecule has 1 aromatic carbocycles. The molecule has 0 bridgehead atoms. The molecule has 38 heavy (non-hydrogen) atoms. The number of amides is 2. The first-order valence-electron chi connectivity index (χ1n) is 10.7. The molecule has 14 nitrogen and oxygen atoms in total. The quantitative estimate of drug-likeness (QED) is 0.320. The number of hydrogen-bond donors (Lipinski definition) is 2. The minimum absolute atomic E-state index is 0.144. The Morgan fingerprint density at radius 2 is 1.47 bits per heavy atom. The Morgan fingerprint density at radius 3 is 2.00 bits per heavy atom. The second kappa shape index (κ2) is 13.1. The summed E-state index contributed by atoms with van der Waals surface area (Å²) in [4.78, 5) is 59.1. The van der Waals surface area contributed by atoms with Crippen molar-refractivity contribution in [3.63, 3.8) is 0 Å². The van der Waals surface area contributed by atoms with E-state index in [4.69, 9.17) is 46.9 Å². The Bertz CT molecular complexity index is 1210. The van der Waals surface area contributed by atoms with Gasteiger partial charge in [0.2, 0.25) is 6.29 Å². The van der Waals surface area contributed by atoms with Crippen LogP contribution < -0.4 is 10.0 Å². The van der Waals surface area contributed by atoms with Crippen LogP contribution in [0.3, 0.4) is 0 Å². The van der Waals surface area contributed by atoms with E-state index in [0.29, 0.717) is 0 Å². The molecule has 0 saturated carbocycles. The van der Waals surface area contributed by atoms with Crippen molar-refractivity contribution in [2.45, 2.75) is 63.2 Å². The molecule has 1 fully saturated rings. The molecular formula is C21H24Cl2N2O12S. The van der Waals surface area contributed by atoms with Crippen molar-refractivity contribution in [1.82, 2.24) is 10.0 Å². The summed E-state index contributed by atoms with van der Waals surface area (Å²) in [6, 6.07) is 0.444. The normalized spacial score (nSPS) is 22.9. The number of sulfonamides is 1. The van der Waals surface area contributed by atoms with Gasteiger partial charge in [-0.2, -0.15) is 0 Å². The van der Waals surface area contributed by atoms with Gasteiger partial charge in [0.15, 0.2) is 12.2 Å². The summed E-state index contributed by atoms with van der Waals surface area (Å²) in [5.74, 6) is -3.40. The zero-order valence-electron chi connectivity index (χ0n) is 20.4. The Balaban J connectivity index is 2.43.